The summed E-state index contributed by atoms with van der Waals surface area (Å²) in [6.07, 6.45) is -24.0. The van der Waals surface area contributed by atoms with Crippen molar-refractivity contribution in [3.05, 3.63) is 64.8 Å². The molecule has 0 aromatic heterocycles. The van der Waals surface area contributed by atoms with Crippen molar-refractivity contribution in [3.63, 3.8) is 0 Å². The molecule has 4 aliphatic heterocycles. The molecular formula is C33H42O21. The van der Waals surface area contributed by atoms with Crippen molar-refractivity contribution in [2.75, 3.05) is 19.8 Å². The number of aliphatic hydroxyl groups excluding tert-OH is 12. The van der Waals surface area contributed by atoms with Gasteiger partial charge in [0.1, 0.15) is 84.8 Å². The number of aromatic hydroxyl groups is 2. The van der Waals surface area contributed by atoms with E-state index in [2.05, 4.69) is 0 Å². The first-order valence-electron chi connectivity index (χ1n) is 16.7. The quantitative estimate of drug-likeness (QED) is 0.0989. The van der Waals surface area contributed by atoms with Gasteiger partial charge in [0.25, 0.3) is 0 Å². The summed E-state index contributed by atoms with van der Waals surface area (Å²) in [4.78, 5) is 0. The molecule has 3 saturated heterocycles. The average molecular weight is 775 g/mol. The summed E-state index contributed by atoms with van der Waals surface area (Å²) in [5.41, 5.74) is 0.0870. The zero-order chi connectivity index (χ0) is 39.2. The van der Waals surface area contributed by atoms with Gasteiger partial charge >= 0.3 is 0 Å². The van der Waals surface area contributed by atoms with Crippen LogP contribution in [-0.2, 0) is 33.2 Å². The van der Waals surface area contributed by atoms with Gasteiger partial charge in [0.15, 0.2) is 35.4 Å². The SMILES string of the molecule is OCC1O[C@@H](OC2=C(c3ccc(O)c(O)c3)OC3C=C(O)C=C(O[C@@H]4OC(CO)[C@@H](O)[C@H](O)C4O)C3=C2)C(O[C@@H]2OC(CO)[C@@H](O)C(O)[C@H]2O)C(O)[C@@H]1O. The number of allylic oxidation sites excluding steroid dienone is 2. The molecule has 300 valence electrons. The van der Waals surface area contributed by atoms with Gasteiger partial charge in [-0.25, -0.2) is 0 Å². The first kappa shape index (κ1) is 40.1. The molecule has 1 aromatic carbocycles. The lowest BCUT2D eigenvalue weighted by Crippen LogP contribution is -2.64. The van der Waals surface area contributed by atoms with Gasteiger partial charge in [0.05, 0.1) is 19.8 Å². The number of phenolic OH excluding ortho intramolecular Hbond substituents is 2. The highest BCUT2D eigenvalue weighted by Gasteiger charge is 2.52. The molecule has 21 heteroatoms. The van der Waals surface area contributed by atoms with Crippen molar-refractivity contribution in [2.24, 2.45) is 0 Å². The second-order valence-corrected chi connectivity index (χ2v) is 13.1. The average Bonchev–Trinajstić information content (AvgIpc) is 3.15. The van der Waals surface area contributed by atoms with Crippen molar-refractivity contribution in [2.45, 2.75) is 98.2 Å². The predicted octanol–water partition coefficient (Wildman–Crippen LogP) is -5.11. The Labute approximate surface area is 304 Å². The molecule has 0 bridgehead atoms. The van der Waals surface area contributed by atoms with Crippen LogP contribution in [0.15, 0.2) is 59.3 Å². The molecule has 14 N–H and O–H groups in total. The normalized spacial score (nSPS) is 41.2. The van der Waals surface area contributed by atoms with Crippen LogP contribution in [0, 0.1) is 0 Å². The Balaban J connectivity index is 1.39. The molecule has 6 rings (SSSR count). The molecule has 0 spiro atoms. The summed E-state index contributed by atoms with van der Waals surface area (Å²) in [7, 11) is 0. The van der Waals surface area contributed by atoms with Crippen LogP contribution in [0.4, 0.5) is 0 Å². The van der Waals surface area contributed by atoms with Crippen LogP contribution in [0.5, 0.6) is 11.5 Å². The van der Waals surface area contributed by atoms with Crippen molar-refractivity contribution in [1.82, 2.24) is 0 Å². The Kier molecular flexibility index (Phi) is 12.0. The molecule has 0 saturated carbocycles. The van der Waals surface area contributed by atoms with Crippen molar-refractivity contribution in [1.29, 1.82) is 0 Å². The van der Waals surface area contributed by atoms with E-state index in [1.807, 2.05) is 0 Å². The fourth-order valence-corrected chi connectivity index (χ4v) is 6.40. The van der Waals surface area contributed by atoms with Crippen LogP contribution in [-0.4, -0.2) is 190 Å². The summed E-state index contributed by atoms with van der Waals surface area (Å²) in [6.45, 7) is -2.45. The number of aliphatic hydroxyl groups is 12. The number of ether oxygens (including phenoxy) is 7. The van der Waals surface area contributed by atoms with E-state index in [1.165, 1.54) is 18.2 Å². The zero-order valence-corrected chi connectivity index (χ0v) is 27.9. The molecule has 0 amide bonds. The molecule has 0 radical (unpaired) electrons. The number of fused-ring (bicyclic) bond motifs is 1. The van der Waals surface area contributed by atoms with E-state index in [1.54, 1.807) is 0 Å². The summed E-state index contributed by atoms with van der Waals surface area (Å²) in [5, 5.41) is 144. The summed E-state index contributed by atoms with van der Waals surface area (Å²) in [6, 6.07) is 3.50. The van der Waals surface area contributed by atoms with E-state index in [0.29, 0.717) is 0 Å². The number of hydrogen-bond acceptors (Lipinski definition) is 21. The highest BCUT2D eigenvalue weighted by Crippen LogP contribution is 2.42. The van der Waals surface area contributed by atoms with Gasteiger partial charge in [-0.1, -0.05) is 0 Å². The Hall–Kier alpha value is -3.62. The molecule has 16 atom stereocenters. The number of phenols is 2. The third kappa shape index (κ3) is 7.62. The maximum Gasteiger partial charge on any atom is 0.229 e. The van der Waals surface area contributed by atoms with Gasteiger partial charge in [0, 0.05) is 23.3 Å². The third-order valence-corrected chi connectivity index (χ3v) is 9.48. The first-order valence-corrected chi connectivity index (χ1v) is 16.7. The van der Waals surface area contributed by atoms with E-state index >= 15 is 0 Å². The lowest BCUT2D eigenvalue weighted by molar-refractivity contribution is -0.363. The van der Waals surface area contributed by atoms with Crippen LogP contribution in [0.1, 0.15) is 5.56 Å². The second-order valence-electron chi connectivity index (χ2n) is 13.1. The van der Waals surface area contributed by atoms with E-state index < -0.39 is 135 Å². The molecule has 1 aromatic rings. The fraction of sp³-hybridized carbons (Fsp3) is 0.576. The Morgan fingerprint density at radius 3 is 1.72 bits per heavy atom. The van der Waals surface area contributed by atoms with Gasteiger partial charge in [-0.15, -0.1) is 0 Å². The van der Waals surface area contributed by atoms with Crippen LogP contribution < -0.4 is 0 Å². The van der Waals surface area contributed by atoms with Gasteiger partial charge < -0.3 is 105 Å². The maximum atomic E-state index is 11.2. The molecule has 8 unspecified atom stereocenters. The number of benzene rings is 1. The van der Waals surface area contributed by atoms with E-state index in [9.17, 15) is 71.5 Å². The van der Waals surface area contributed by atoms with Crippen molar-refractivity contribution < 1.29 is 105 Å². The predicted molar refractivity (Wildman–Crippen MR) is 171 cm³/mol. The molecule has 54 heavy (non-hydrogen) atoms. The maximum absolute atomic E-state index is 11.2. The van der Waals surface area contributed by atoms with Crippen LogP contribution in [0.25, 0.3) is 5.76 Å². The minimum absolute atomic E-state index is 0.0352. The third-order valence-electron chi connectivity index (χ3n) is 9.48. The molecule has 4 heterocycles. The zero-order valence-electron chi connectivity index (χ0n) is 27.9. The lowest BCUT2D eigenvalue weighted by atomic mass is 9.95. The topological polar surface area (TPSA) is 348 Å². The fourth-order valence-electron chi connectivity index (χ4n) is 6.40. The number of rotatable bonds is 10. The Morgan fingerprint density at radius 1 is 0.574 bits per heavy atom. The first-order chi connectivity index (χ1) is 25.7. The standard InChI is InChI=1S/C33H42O21/c34-7-18-21(40)24(43)27(46)31(51-18)49-16-5-11(37)4-15-12(16)6-17(29(48-15)10-1-2-13(38)14(39)3-10)50-33-30(26(45)23(42)20(9-36)53-33)54-32-28(47)25(44)22(41)19(8-35)52-32/h1-6,15,18-28,30-47H,7-9H2/t15?,18?,19?,20?,21-,22-,23-,24+,25?,26?,27?,28-,30?,31-,32+,33-/m1/s1. The van der Waals surface area contributed by atoms with Crippen LogP contribution >= 0.6 is 0 Å². The number of hydrogen-bond donors (Lipinski definition) is 14. The lowest BCUT2D eigenvalue weighted by Gasteiger charge is -2.46. The molecular weight excluding hydrogens is 732 g/mol. The van der Waals surface area contributed by atoms with Gasteiger partial charge in [0.2, 0.25) is 12.6 Å². The van der Waals surface area contributed by atoms with Crippen LogP contribution in [0.3, 0.4) is 0 Å². The molecule has 5 aliphatic rings. The summed E-state index contributed by atoms with van der Waals surface area (Å²) < 4.78 is 40.5. The van der Waals surface area contributed by atoms with E-state index in [0.717, 1.165) is 18.2 Å². The molecule has 3 fully saturated rings. The van der Waals surface area contributed by atoms with Crippen molar-refractivity contribution >= 4 is 5.76 Å². The minimum atomic E-state index is -1.96. The minimum Gasteiger partial charge on any atom is -0.508 e. The van der Waals surface area contributed by atoms with E-state index in [4.69, 9.17) is 33.2 Å². The van der Waals surface area contributed by atoms with Gasteiger partial charge in [-0.2, -0.15) is 0 Å². The van der Waals surface area contributed by atoms with Crippen molar-refractivity contribution in [3.8, 4) is 11.5 Å². The Bertz CT molecular complexity index is 1620. The molecule has 1 aliphatic carbocycles. The monoisotopic (exact) mass is 774 g/mol. The van der Waals surface area contributed by atoms with E-state index in [-0.39, 0.29) is 28.4 Å². The summed E-state index contributed by atoms with van der Waals surface area (Å²) >= 11 is 0. The highest BCUT2D eigenvalue weighted by molar-refractivity contribution is 5.70. The summed E-state index contributed by atoms with van der Waals surface area (Å²) in [5.74, 6) is -2.30. The van der Waals surface area contributed by atoms with Gasteiger partial charge in [-0.05, 0) is 24.3 Å². The second kappa shape index (κ2) is 16.2. The smallest absolute Gasteiger partial charge is 0.229 e. The molecule has 21 nitrogen and oxygen atoms in total. The van der Waals surface area contributed by atoms with Crippen LogP contribution in [0.2, 0.25) is 0 Å². The largest absolute Gasteiger partial charge is 0.508 e. The van der Waals surface area contributed by atoms with Gasteiger partial charge in [-0.3, -0.25) is 0 Å². The highest BCUT2D eigenvalue weighted by atomic mass is 16.8. The Morgan fingerprint density at radius 2 is 1.13 bits per heavy atom.